The van der Waals surface area contributed by atoms with E-state index in [1.54, 1.807) is 0 Å². The minimum Gasteiger partial charge on any atom is -0.378 e. The SMILES string of the molecule is Fc1ccc(-c2nc(C3COCCN3)no2)c(F)c1. The maximum atomic E-state index is 13.6. The van der Waals surface area contributed by atoms with E-state index in [1.807, 2.05) is 0 Å². The van der Waals surface area contributed by atoms with Crippen molar-refractivity contribution in [3.05, 3.63) is 35.7 Å². The number of aromatic nitrogens is 2. The molecule has 0 aliphatic carbocycles. The molecule has 100 valence electrons. The van der Waals surface area contributed by atoms with Crippen molar-refractivity contribution in [2.24, 2.45) is 0 Å². The molecule has 2 heterocycles. The number of morpholine rings is 1. The molecule has 1 saturated heterocycles. The smallest absolute Gasteiger partial charge is 0.260 e. The molecule has 19 heavy (non-hydrogen) atoms. The van der Waals surface area contributed by atoms with Crippen LogP contribution in [0.1, 0.15) is 11.9 Å². The first-order chi connectivity index (χ1) is 9.24. The van der Waals surface area contributed by atoms with Crippen LogP contribution in [-0.4, -0.2) is 29.9 Å². The lowest BCUT2D eigenvalue weighted by Crippen LogP contribution is -2.35. The van der Waals surface area contributed by atoms with E-state index < -0.39 is 11.6 Å². The molecule has 2 aromatic rings. The molecule has 5 nitrogen and oxygen atoms in total. The van der Waals surface area contributed by atoms with Crippen molar-refractivity contribution in [1.29, 1.82) is 0 Å². The Morgan fingerprint density at radius 2 is 2.21 bits per heavy atom. The van der Waals surface area contributed by atoms with E-state index in [4.69, 9.17) is 9.26 Å². The first kappa shape index (κ1) is 12.2. The second kappa shape index (κ2) is 5.02. The van der Waals surface area contributed by atoms with E-state index in [9.17, 15) is 8.78 Å². The van der Waals surface area contributed by atoms with Crippen molar-refractivity contribution in [1.82, 2.24) is 15.5 Å². The van der Waals surface area contributed by atoms with Crippen molar-refractivity contribution in [2.75, 3.05) is 19.8 Å². The Kier molecular flexibility index (Phi) is 3.22. The van der Waals surface area contributed by atoms with Gasteiger partial charge in [0.1, 0.15) is 11.6 Å². The number of hydrogen-bond donors (Lipinski definition) is 1. The molecule has 1 N–H and O–H groups in total. The van der Waals surface area contributed by atoms with Gasteiger partial charge in [0.15, 0.2) is 5.82 Å². The quantitative estimate of drug-likeness (QED) is 0.897. The summed E-state index contributed by atoms with van der Waals surface area (Å²) in [6.07, 6.45) is 0. The molecule has 7 heteroatoms. The largest absolute Gasteiger partial charge is 0.378 e. The van der Waals surface area contributed by atoms with Crippen LogP contribution in [0.4, 0.5) is 8.78 Å². The highest BCUT2D eigenvalue weighted by molar-refractivity contribution is 5.53. The monoisotopic (exact) mass is 267 g/mol. The van der Waals surface area contributed by atoms with E-state index in [0.29, 0.717) is 25.6 Å². The summed E-state index contributed by atoms with van der Waals surface area (Å²) in [7, 11) is 0. The van der Waals surface area contributed by atoms with Gasteiger partial charge in [-0.1, -0.05) is 5.16 Å². The van der Waals surface area contributed by atoms with Gasteiger partial charge in [0.2, 0.25) is 0 Å². The van der Waals surface area contributed by atoms with Crippen molar-refractivity contribution in [3.63, 3.8) is 0 Å². The number of ether oxygens (including phenoxy) is 1. The first-order valence-electron chi connectivity index (χ1n) is 5.84. The lowest BCUT2D eigenvalue weighted by molar-refractivity contribution is 0.0734. The molecule has 0 spiro atoms. The van der Waals surface area contributed by atoms with Crippen LogP contribution in [-0.2, 0) is 4.74 Å². The molecule has 1 aliphatic rings. The highest BCUT2D eigenvalue weighted by atomic mass is 19.1. The summed E-state index contributed by atoms with van der Waals surface area (Å²) in [6, 6.07) is 3.02. The highest BCUT2D eigenvalue weighted by Crippen LogP contribution is 2.23. The van der Waals surface area contributed by atoms with Crippen LogP contribution in [0.3, 0.4) is 0 Å². The van der Waals surface area contributed by atoms with Crippen LogP contribution in [0.2, 0.25) is 0 Å². The van der Waals surface area contributed by atoms with Crippen LogP contribution < -0.4 is 5.32 Å². The molecule has 0 bridgehead atoms. The molecule has 1 aromatic heterocycles. The Labute approximate surface area is 107 Å². The Morgan fingerprint density at radius 3 is 2.95 bits per heavy atom. The lowest BCUT2D eigenvalue weighted by Gasteiger charge is -2.20. The van der Waals surface area contributed by atoms with Gasteiger partial charge in [-0.15, -0.1) is 0 Å². The van der Waals surface area contributed by atoms with E-state index in [1.165, 1.54) is 6.07 Å². The Bertz CT molecular complexity index is 582. The van der Waals surface area contributed by atoms with Gasteiger partial charge in [-0.3, -0.25) is 0 Å². The third-order valence-corrected chi connectivity index (χ3v) is 2.84. The third-order valence-electron chi connectivity index (χ3n) is 2.84. The van der Waals surface area contributed by atoms with Crippen molar-refractivity contribution in [2.45, 2.75) is 6.04 Å². The van der Waals surface area contributed by atoms with Gasteiger partial charge in [-0.05, 0) is 12.1 Å². The minimum absolute atomic E-state index is 0.0277. The summed E-state index contributed by atoms with van der Waals surface area (Å²) in [6.45, 7) is 1.76. The number of nitrogens with one attached hydrogen (secondary N) is 1. The topological polar surface area (TPSA) is 60.2 Å². The zero-order valence-corrected chi connectivity index (χ0v) is 9.90. The Balaban J connectivity index is 1.87. The van der Waals surface area contributed by atoms with Crippen LogP contribution in [0.5, 0.6) is 0 Å². The predicted molar refractivity (Wildman–Crippen MR) is 61.2 cm³/mol. The molecular weight excluding hydrogens is 256 g/mol. The van der Waals surface area contributed by atoms with E-state index >= 15 is 0 Å². The zero-order chi connectivity index (χ0) is 13.2. The van der Waals surface area contributed by atoms with E-state index in [-0.39, 0.29) is 17.5 Å². The number of halogens is 2. The summed E-state index contributed by atoms with van der Waals surface area (Å²) >= 11 is 0. The second-order valence-electron chi connectivity index (χ2n) is 4.16. The molecule has 1 aromatic carbocycles. The van der Waals surface area contributed by atoms with Crippen molar-refractivity contribution in [3.8, 4) is 11.5 Å². The molecule has 0 saturated carbocycles. The summed E-state index contributed by atoms with van der Waals surface area (Å²) < 4.78 is 36.7. The maximum absolute atomic E-state index is 13.6. The third kappa shape index (κ3) is 2.47. The average Bonchev–Trinajstić information content (AvgIpc) is 2.89. The number of nitrogens with zero attached hydrogens (tertiary/aromatic N) is 2. The van der Waals surface area contributed by atoms with Gasteiger partial charge in [0, 0.05) is 12.6 Å². The fourth-order valence-corrected chi connectivity index (χ4v) is 1.88. The number of rotatable bonds is 2. The molecule has 1 unspecified atom stereocenters. The van der Waals surface area contributed by atoms with Gasteiger partial charge >= 0.3 is 0 Å². The molecule has 1 fully saturated rings. The molecular formula is C12H11F2N3O2. The molecule has 0 radical (unpaired) electrons. The van der Waals surface area contributed by atoms with Crippen molar-refractivity contribution < 1.29 is 18.0 Å². The summed E-state index contributed by atoms with van der Waals surface area (Å²) in [5.74, 6) is -0.954. The Morgan fingerprint density at radius 1 is 1.32 bits per heavy atom. The molecule has 1 atom stereocenters. The number of benzene rings is 1. The predicted octanol–water partition coefficient (Wildman–Crippen LogP) is 1.68. The van der Waals surface area contributed by atoms with Gasteiger partial charge in [-0.25, -0.2) is 8.78 Å². The fraction of sp³-hybridized carbons (Fsp3) is 0.333. The van der Waals surface area contributed by atoms with E-state index in [0.717, 1.165) is 12.1 Å². The highest BCUT2D eigenvalue weighted by Gasteiger charge is 2.22. The van der Waals surface area contributed by atoms with Crippen LogP contribution >= 0.6 is 0 Å². The second-order valence-corrected chi connectivity index (χ2v) is 4.16. The molecule has 1 aliphatic heterocycles. The maximum Gasteiger partial charge on any atom is 0.260 e. The van der Waals surface area contributed by atoms with Gasteiger partial charge in [0.05, 0.1) is 24.8 Å². The zero-order valence-electron chi connectivity index (χ0n) is 9.90. The molecule has 0 amide bonds. The fourth-order valence-electron chi connectivity index (χ4n) is 1.88. The normalized spacial score (nSPS) is 19.6. The minimum atomic E-state index is -0.733. The van der Waals surface area contributed by atoms with Crippen LogP contribution in [0.15, 0.2) is 22.7 Å². The van der Waals surface area contributed by atoms with Gasteiger partial charge < -0.3 is 14.6 Å². The summed E-state index contributed by atoms with van der Waals surface area (Å²) in [4.78, 5) is 4.11. The average molecular weight is 267 g/mol. The molecule has 3 rings (SSSR count). The Hall–Kier alpha value is -1.86. The van der Waals surface area contributed by atoms with Crippen LogP contribution in [0.25, 0.3) is 11.5 Å². The number of hydrogen-bond acceptors (Lipinski definition) is 5. The standard InChI is InChI=1S/C12H11F2N3O2/c13-7-1-2-8(9(14)5-7)12-16-11(17-19-12)10-6-18-4-3-15-10/h1-2,5,10,15H,3-4,6H2. The summed E-state index contributed by atoms with van der Waals surface area (Å²) in [5, 5.41) is 6.95. The van der Waals surface area contributed by atoms with Gasteiger partial charge in [0.25, 0.3) is 5.89 Å². The van der Waals surface area contributed by atoms with Crippen LogP contribution in [0, 0.1) is 11.6 Å². The first-order valence-corrected chi connectivity index (χ1v) is 5.84. The van der Waals surface area contributed by atoms with E-state index in [2.05, 4.69) is 15.5 Å². The lowest BCUT2D eigenvalue weighted by atomic mass is 10.2. The van der Waals surface area contributed by atoms with Crippen molar-refractivity contribution >= 4 is 0 Å². The summed E-state index contributed by atoms with van der Waals surface area (Å²) in [5.41, 5.74) is 0.0804. The van der Waals surface area contributed by atoms with Gasteiger partial charge in [-0.2, -0.15) is 4.98 Å².